The van der Waals surface area contributed by atoms with E-state index in [2.05, 4.69) is 23.3 Å². The Balaban J connectivity index is 1.83. The molecule has 1 saturated carbocycles. The van der Waals surface area contributed by atoms with Crippen molar-refractivity contribution >= 4 is 0 Å². The van der Waals surface area contributed by atoms with Crippen molar-refractivity contribution in [2.75, 3.05) is 6.54 Å². The second-order valence-corrected chi connectivity index (χ2v) is 4.81. The van der Waals surface area contributed by atoms with Gasteiger partial charge >= 0.3 is 0 Å². The molecule has 1 unspecified atom stereocenters. The van der Waals surface area contributed by atoms with E-state index >= 15 is 0 Å². The Hall–Kier alpha value is -0.890. The number of nitrogens with one attached hydrogen (secondary N) is 1. The van der Waals surface area contributed by atoms with Gasteiger partial charge in [0.2, 0.25) is 0 Å². The van der Waals surface area contributed by atoms with E-state index in [0.717, 1.165) is 12.5 Å². The fourth-order valence-electron chi connectivity index (χ4n) is 2.13. The van der Waals surface area contributed by atoms with Gasteiger partial charge in [-0.25, -0.2) is 0 Å². The first-order valence-corrected chi connectivity index (χ1v) is 6.53. The van der Waals surface area contributed by atoms with E-state index in [1.807, 2.05) is 18.5 Å². The Bertz CT molecular complexity index is 293. The van der Waals surface area contributed by atoms with E-state index in [-0.39, 0.29) is 0 Å². The number of hydrogen-bond donors (Lipinski definition) is 1. The Morgan fingerprint density at radius 1 is 1.50 bits per heavy atom. The van der Waals surface area contributed by atoms with E-state index in [4.69, 9.17) is 0 Å². The van der Waals surface area contributed by atoms with Crippen molar-refractivity contribution in [3.05, 3.63) is 30.1 Å². The largest absolute Gasteiger partial charge is 0.310 e. The van der Waals surface area contributed by atoms with E-state index < -0.39 is 0 Å². The molecule has 2 nitrogen and oxygen atoms in total. The zero-order chi connectivity index (χ0) is 11.2. The second kappa shape index (κ2) is 6.00. The summed E-state index contributed by atoms with van der Waals surface area (Å²) < 4.78 is 0. The van der Waals surface area contributed by atoms with Crippen LogP contribution in [0, 0.1) is 5.92 Å². The van der Waals surface area contributed by atoms with Crippen LogP contribution in [-0.4, -0.2) is 11.5 Å². The molecule has 0 bridgehead atoms. The van der Waals surface area contributed by atoms with Crippen LogP contribution in [0.3, 0.4) is 0 Å². The maximum Gasteiger partial charge on any atom is 0.0335 e. The lowest BCUT2D eigenvalue weighted by Crippen LogP contribution is -2.22. The molecule has 88 valence electrons. The summed E-state index contributed by atoms with van der Waals surface area (Å²) in [6.45, 7) is 3.40. The van der Waals surface area contributed by atoms with Crippen LogP contribution >= 0.6 is 0 Å². The topological polar surface area (TPSA) is 24.9 Å². The van der Waals surface area contributed by atoms with Gasteiger partial charge in [0.25, 0.3) is 0 Å². The minimum atomic E-state index is 0.498. The molecule has 16 heavy (non-hydrogen) atoms. The molecular weight excluding hydrogens is 196 g/mol. The van der Waals surface area contributed by atoms with E-state index in [0.29, 0.717) is 6.04 Å². The highest BCUT2D eigenvalue weighted by atomic mass is 14.9. The van der Waals surface area contributed by atoms with Crippen LogP contribution in [0.25, 0.3) is 0 Å². The van der Waals surface area contributed by atoms with Crippen LogP contribution < -0.4 is 5.32 Å². The maximum absolute atomic E-state index is 4.20. The normalized spacial score (nSPS) is 17.3. The number of aromatic nitrogens is 1. The molecule has 0 amide bonds. The maximum atomic E-state index is 4.20. The molecule has 1 heterocycles. The van der Waals surface area contributed by atoms with E-state index in [9.17, 15) is 0 Å². The minimum Gasteiger partial charge on any atom is -0.310 e. The first kappa shape index (κ1) is 11.6. The highest BCUT2D eigenvalue weighted by Gasteiger charge is 2.21. The predicted octanol–water partition coefficient (Wildman–Crippen LogP) is 3.31. The quantitative estimate of drug-likeness (QED) is 0.759. The number of hydrogen-bond acceptors (Lipinski definition) is 2. The van der Waals surface area contributed by atoms with Gasteiger partial charge in [0.05, 0.1) is 0 Å². The monoisotopic (exact) mass is 218 g/mol. The van der Waals surface area contributed by atoms with Gasteiger partial charge in [-0.15, -0.1) is 0 Å². The fourth-order valence-corrected chi connectivity index (χ4v) is 2.13. The summed E-state index contributed by atoms with van der Waals surface area (Å²) in [6, 6.07) is 4.70. The van der Waals surface area contributed by atoms with Crippen molar-refractivity contribution in [2.45, 2.75) is 45.1 Å². The van der Waals surface area contributed by atoms with Crippen LogP contribution in [0.15, 0.2) is 24.5 Å². The lowest BCUT2D eigenvalue weighted by molar-refractivity contribution is 0.477. The van der Waals surface area contributed by atoms with Crippen molar-refractivity contribution in [2.24, 2.45) is 5.92 Å². The Morgan fingerprint density at radius 2 is 2.38 bits per heavy atom. The molecule has 1 N–H and O–H groups in total. The SMILES string of the molecule is CCCC(NCCC1CC1)c1cccnc1. The molecule has 2 rings (SSSR count). The molecule has 1 aliphatic carbocycles. The van der Waals surface area contributed by atoms with Crippen molar-refractivity contribution < 1.29 is 0 Å². The standard InChI is InChI=1S/C14H22N2/c1-2-4-14(13-5-3-9-15-11-13)16-10-8-12-6-7-12/h3,5,9,11-12,14,16H,2,4,6-8,10H2,1H3. The lowest BCUT2D eigenvalue weighted by atomic mass is 10.0. The molecule has 2 heteroatoms. The third-order valence-electron chi connectivity index (χ3n) is 3.30. The van der Waals surface area contributed by atoms with Crippen LogP contribution in [0.5, 0.6) is 0 Å². The first-order valence-electron chi connectivity index (χ1n) is 6.53. The molecule has 1 aromatic heterocycles. The van der Waals surface area contributed by atoms with Crippen LogP contribution in [0.1, 0.15) is 50.6 Å². The Kier molecular flexibility index (Phi) is 4.34. The predicted molar refractivity (Wildman–Crippen MR) is 67.2 cm³/mol. The van der Waals surface area contributed by atoms with Gasteiger partial charge in [0.1, 0.15) is 0 Å². The van der Waals surface area contributed by atoms with Crippen molar-refractivity contribution in [3.63, 3.8) is 0 Å². The van der Waals surface area contributed by atoms with Crippen LogP contribution in [-0.2, 0) is 0 Å². The molecule has 0 radical (unpaired) electrons. The van der Waals surface area contributed by atoms with Gasteiger partial charge < -0.3 is 5.32 Å². The molecular formula is C14H22N2. The molecule has 1 atom stereocenters. The summed E-state index contributed by atoms with van der Waals surface area (Å²) >= 11 is 0. The van der Waals surface area contributed by atoms with Gasteiger partial charge in [0.15, 0.2) is 0 Å². The molecule has 1 aromatic rings. The summed E-state index contributed by atoms with van der Waals surface area (Å²) in [4.78, 5) is 4.20. The van der Waals surface area contributed by atoms with E-state index in [1.54, 1.807) is 0 Å². The fraction of sp³-hybridized carbons (Fsp3) is 0.643. The average molecular weight is 218 g/mol. The highest BCUT2D eigenvalue weighted by molar-refractivity contribution is 5.13. The van der Waals surface area contributed by atoms with Gasteiger partial charge in [-0.2, -0.15) is 0 Å². The number of nitrogens with zero attached hydrogens (tertiary/aromatic N) is 1. The van der Waals surface area contributed by atoms with Crippen molar-refractivity contribution in [1.29, 1.82) is 0 Å². The number of rotatable bonds is 7. The summed E-state index contributed by atoms with van der Waals surface area (Å²) in [5.74, 6) is 1.02. The third kappa shape index (κ3) is 3.60. The van der Waals surface area contributed by atoms with Crippen molar-refractivity contribution in [3.8, 4) is 0 Å². The van der Waals surface area contributed by atoms with Gasteiger partial charge in [-0.1, -0.05) is 32.3 Å². The van der Waals surface area contributed by atoms with Gasteiger partial charge in [0, 0.05) is 18.4 Å². The summed E-state index contributed by atoms with van der Waals surface area (Å²) in [6.07, 6.45) is 10.5. The van der Waals surface area contributed by atoms with Gasteiger partial charge in [-0.3, -0.25) is 4.98 Å². The molecule has 0 aliphatic heterocycles. The lowest BCUT2D eigenvalue weighted by Gasteiger charge is -2.18. The summed E-state index contributed by atoms with van der Waals surface area (Å²) in [7, 11) is 0. The molecule has 0 aromatic carbocycles. The summed E-state index contributed by atoms with van der Waals surface area (Å²) in [5, 5.41) is 3.67. The third-order valence-corrected chi connectivity index (χ3v) is 3.30. The molecule has 1 aliphatic rings. The summed E-state index contributed by atoms with van der Waals surface area (Å²) in [5.41, 5.74) is 1.33. The molecule has 0 spiro atoms. The van der Waals surface area contributed by atoms with Crippen LogP contribution in [0.4, 0.5) is 0 Å². The number of pyridine rings is 1. The highest BCUT2D eigenvalue weighted by Crippen LogP contribution is 2.32. The Morgan fingerprint density at radius 3 is 3.00 bits per heavy atom. The molecule has 0 saturated heterocycles. The minimum absolute atomic E-state index is 0.498. The zero-order valence-corrected chi connectivity index (χ0v) is 10.2. The van der Waals surface area contributed by atoms with Crippen LogP contribution in [0.2, 0.25) is 0 Å². The molecule has 1 fully saturated rings. The van der Waals surface area contributed by atoms with Gasteiger partial charge in [-0.05, 0) is 36.9 Å². The van der Waals surface area contributed by atoms with E-state index in [1.165, 1.54) is 37.7 Å². The zero-order valence-electron chi connectivity index (χ0n) is 10.2. The first-order chi connectivity index (χ1) is 7.90. The average Bonchev–Trinajstić information content (AvgIpc) is 3.13. The van der Waals surface area contributed by atoms with Crippen molar-refractivity contribution in [1.82, 2.24) is 10.3 Å². The second-order valence-electron chi connectivity index (χ2n) is 4.81. The Labute approximate surface area is 98.5 Å². The smallest absolute Gasteiger partial charge is 0.0335 e.